The molecular weight excluding hydrogens is 212 g/mol. The van der Waals surface area contributed by atoms with Gasteiger partial charge in [0.2, 0.25) is 5.91 Å². The van der Waals surface area contributed by atoms with Crippen LogP contribution in [0, 0.1) is 16.7 Å². The molecule has 17 heavy (non-hydrogen) atoms. The quantitative estimate of drug-likeness (QED) is 0.771. The van der Waals surface area contributed by atoms with Gasteiger partial charge in [-0.3, -0.25) is 4.79 Å². The summed E-state index contributed by atoms with van der Waals surface area (Å²) in [6.07, 6.45) is 0. The zero-order valence-electron chi connectivity index (χ0n) is 12.3. The van der Waals surface area contributed by atoms with Crippen LogP contribution in [0.15, 0.2) is 0 Å². The number of hydrogen-bond acceptors (Lipinski definition) is 2. The fraction of sp³-hybridized carbons (Fsp3) is 0.929. The van der Waals surface area contributed by atoms with Crippen LogP contribution in [0.4, 0.5) is 0 Å². The van der Waals surface area contributed by atoms with Crippen LogP contribution in [-0.2, 0) is 4.79 Å². The highest BCUT2D eigenvalue weighted by atomic mass is 16.2. The van der Waals surface area contributed by atoms with Gasteiger partial charge in [-0.25, -0.2) is 0 Å². The Hall–Kier alpha value is -0.570. The van der Waals surface area contributed by atoms with Crippen molar-refractivity contribution in [2.45, 2.75) is 41.5 Å². The molecule has 0 aromatic heterocycles. The van der Waals surface area contributed by atoms with E-state index in [4.69, 9.17) is 0 Å². The zero-order valence-corrected chi connectivity index (χ0v) is 12.3. The molecule has 1 rings (SSSR count). The molecule has 3 heteroatoms. The van der Waals surface area contributed by atoms with E-state index in [2.05, 4.69) is 33.0 Å². The first-order valence-corrected chi connectivity index (χ1v) is 6.77. The highest BCUT2D eigenvalue weighted by Gasteiger charge is 2.63. The number of amides is 1. The predicted molar refractivity (Wildman–Crippen MR) is 71.8 cm³/mol. The zero-order chi connectivity index (χ0) is 13.3. The molecule has 0 radical (unpaired) electrons. The summed E-state index contributed by atoms with van der Waals surface area (Å²) < 4.78 is 0. The molecule has 1 aliphatic rings. The Morgan fingerprint density at radius 3 is 1.94 bits per heavy atom. The van der Waals surface area contributed by atoms with Crippen molar-refractivity contribution in [1.82, 2.24) is 10.2 Å². The topological polar surface area (TPSA) is 32.3 Å². The van der Waals surface area contributed by atoms with Crippen molar-refractivity contribution in [1.29, 1.82) is 0 Å². The van der Waals surface area contributed by atoms with Gasteiger partial charge in [-0.05, 0) is 37.1 Å². The number of carbonyl (C=O) groups excluding carboxylic acids is 1. The van der Waals surface area contributed by atoms with E-state index in [-0.39, 0.29) is 5.91 Å². The van der Waals surface area contributed by atoms with Gasteiger partial charge in [-0.1, -0.05) is 27.7 Å². The minimum atomic E-state index is 0.214. The maximum Gasteiger partial charge on any atom is 0.236 e. The van der Waals surface area contributed by atoms with Gasteiger partial charge in [-0.2, -0.15) is 0 Å². The van der Waals surface area contributed by atoms with Gasteiger partial charge in [0.1, 0.15) is 0 Å². The average Bonchev–Trinajstić information content (AvgIpc) is 2.62. The van der Waals surface area contributed by atoms with E-state index in [1.165, 1.54) is 0 Å². The molecule has 1 fully saturated rings. The Morgan fingerprint density at radius 2 is 1.59 bits per heavy atom. The number of rotatable bonds is 6. The van der Waals surface area contributed by atoms with Gasteiger partial charge in [-0.15, -0.1) is 0 Å². The molecule has 0 saturated heterocycles. The van der Waals surface area contributed by atoms with E-state index in [0.717, 1.165) is 19.6 Å². The molecule has 1 aliphatic carbocycles. The van der Waals surface area contributed by atoms with Gasteiger partial charge in [0.25, 0.3) is 0 Å². The fourth-order valence-corrected chi connectivity index (χ4v) is 2.86. The first kappa shape index (κ1) is 14.5. The second-order valence-corrected chi connectivity index (χ2v) is 6.19. The summed E-state index contributed by atoms with van der Waals surface area (Å²) in [6, 6.07) is 0. The van der Waals surface area contributed by atoms with E-state index in [1.807, 2.05) is 18.7 Å². The van der Waals surface area contributed by atoms with Gasteiger partial charge >= 0.3 is 0 Å². The van der Waals surface area contributed by atoms with Gasteiger partial charge in [0, 0.05) is 13.1 Å². The van der Waals surface area contributed by atoms with E-state index < -0.39 is 0 Å². The smallest absolute Gasteiger partial charge is 0.236 e. The van der Waals surface area contributed by atoms with Gasteiger partial charge in [0.15, 0.2) is 0 Å². The minimum absolute atomic E-state index is 0.214. The molecule has 1 saturated carbocycles. The van der Waals surface area contributed by atoms with Crippen molar-refractivity contribution < 1.29 is 4.79 Å². The third-order valence-electron chi connectivity index (χ3n) is 5.06. The Bertz CT molecular complexity index is 266. The van der Waals surface area contributed by atoms with Crippen LogP contribution in [0.2, 0.25) is 0 Å². The van der Waals surface area contributed by atoms with Crippen LogP contribution in [0.1, 0.15) is 41.5 Å². The van der Waals surface area contributed by atoms with Crippen molar-refractivity contribution in [2.75, 3.05) is 26.2 Å². The van der Waals surface area contributed by atoms with Crippen molar-refractivity contribution >= 4 is 5.91 Å². The molecule has 1 amide bonds. The third-order valence-corrected chi connectivity index (χ3v) is 5.06. The summed E-state index contributed by atoms with van der Waals surface area (Å²) in [5.74, 6) is 0.894. The first-order chi connectivity index (χ1) is 7.79. The lowest BCUT2D eigenvalue weighted by Crippen LogP contribution is -2.38. The normalized spacial score (nSPS) is 21.3. The fourth-order valence-electron chi connectivity index (χ4n) is 2.86. The molecule has 0 aromatic rings. The number of carbonyl (C=O) groups is 1. The maximum absolute atomic E-state index is 11.8. The van der Waals surface area contributed by atoms with Crippen LogP contribution >= 0.6 is 0 Å². The van der Waals surface area contributed by atoms with Gasteiger partial charge in [0.05, 0.1) is 6.54 Å². The summed E-state index contributed by atoms with van der Waals surface area (Å²) >= 11 is 0. The highest BCUT2D eigenvalue weighted by molar-refractivity contribution is 5.78. The van der Waals surface area contributed by atoms with E-state index in [0.29, 0.717) is 23.3 Å². The molecule has 0 heterocycles. The Balaban J connectivity index is 2.28. The van der Waals surface area contributed by atoms with Crippen LogP contribution in [-0.4, -0.2) is 37.0 Å². The summed E-state index contributed by atoms with van der Waals surface area (Å²) in [4.78, 5) is 13.7. The van der Waals surface area contributed by atoms with Crippen molar-refractivity contribution in [2.24, 2.45) is 16.7 Å². The largest absolute Gasteiger partial charge is 0.342 e. The van der Waals surface area contributed by atoms with Crippen molar-refractivity contribution in [3.8, 4) is 0 Å². The molecule has 0 spiro atoms. The number of hydrogen-bond donors (Lipinski definition) is 1. The van der Waals surface area contributed by atoms with Crippen molar-refractivity contribution in [3.63, 3.8) is 0 Å². The molecule has 100 valence electrons. The van der Waals surface area contributed by atoms with Crippen LogP contribution < -0.4 is 5.32 Å². The molecule has 0 unspecified atom stereocenters. The average molecular weight is 240 g/mol. The molecule has 0 atom stereocenters. The SMILES string of the molecule is CCN(CC)C(=O)CNCC1C(C)(C)C1(C)C. The van der Waals surface area contributed by atoms with E-state index in [1.54, 1.807) is 0 Å². The van der Waals surface area contributed by atoms with Crippen LogP contribution in [0.25, 0.3) is 0 Å². The third kappa shape index (κ3) is 2.65. The Morgan fingerprint density at radius 1 is 1.12 bits per heavy atom. The Labute approximate surface area is 106 Å². The lowest BCUT2D eigenvalue weighted by molar-refractivity contribution is -0.129. The molecule has 0 bridgehead atoms. The predicted octanol–water partition coefficient (Wildman–Crippen LogP) is 2.13. The molecule has 0 aliphatic heterocycles. The first-order valence-electron chi connectivity index (χ1n) is 6.77. The van der Waals surface area contributed by atoms with Crippen molar-refractivity contribution in [3.05, 3.63) is 0 Å². The molecule has 1 N–H and O–H groups in total. The second-order valence-electron chi connectivity index (χ2n) is 6.19. The maximum atomic E-state index is 11.8. The second kappa shape index (κ2) is 4.97. The number of nitrogens with zero attached hydrogens (tertiary/aromatic N) is 1. The van der Waals surface area contributed by atoms with E-state index in [9.17, 15) is 4.79 Å². The summed E-state index contributed by atoms with van der Waals surface area (Å²) in [5.41, 5.74) is 0.802. The van der Waals surface area contributed by atoms with Crippen LogP contribution in [0.5, 0.6) is 0 Å². The van der Waals surface area contributed by atoms with E-state index >= 15 is 0 Å². The summed E-state index contributed by atoms with van der Waals surface area (Å²) in [5, 5.41) is 3.32. The molecule has 0 aromatic carbocycles. The van der Waals surface area contributed by atoms with Gasteiger partial charge < -0.3 is 10.2 Å². The monoisotopic (exact) mass is 240 g/mol. The Kier molecular flexibility index (Phi) is 4.23. The molecular formula is C14H28N2O. The summed E-state index contributed by atoms with van der Waals surface area (Å²) in [7, 11) is 0. The lowest BCUT2D eigenvalue weighted by atomic mass is 10.0. The summed E-state index contributed by atoms with van der Waals surface area (Å²) in [6.45, 7) is 16.3. The minimum Gasteiger partial charge on any atom is -0.342 e. The lowest BCUT2D eigenvalue weighted by Gasteiger charge is -2.18. The number of likely N-dealkylation sites (N-methyl/N-ethyl adjacent to an activating group) is 1. The molecule has 3 nitrogen and oxygen atoms in total. The standard InChI is InChI=1S/C14H28N2O/c1-7-16(8-2)12(17)10-15-9-11-13(3,4)14(11,5)6/h11,15H,7-10H2,1-6H3. The highest BCUT2D eigenvalue weighted by Crippen LogP contribution is 2.67. The number of nitrogens with one attached hydrogen (secondary N) is 1. The van der Waals surface area contributed by atoms with Crippen LogP contribution in [0.3, 0.4) is 0 Å².